The van der Waals surface area contributed by atoms with Gasteiger partial charge in [-0.2, -0.15) is 0 Å². The molecule has 0 radical (unpaired) electrons. The molecule has 0 unspecified atom stereocenters. The molecule has 0 aliphatic carbocycles. The lowest BCUT2D eigenvalue weighted by molar-refractivity contribution is -0.140. The molecule has 0 fully saturated rings. The van der Waals surface area contributed by atoms with Crippen molar-refractivity contribution in [1.29, 1.82) is 0 Å². The molecule has 0 amide bonds. The van der Waals surface area contributed by atoms with Crippen molar-refractivity contribution in [3.63, 3.8) is 0 Å². The zero-order chi connectivity index (χ0) is 10.4. The topological polar surface area (TPSA) is 38.3 Å². The normalized spacial score (nSPS) is 10.1. The lowest BCUT2D eigenvalue weighted by atomic mass is 10.3. The van der Waals surface area contributed by atoms with E-state index in [1.54, 1.807) is 11.3 Å². The van der Waals surface area contributed by atoms with Gasteiger partial charge in [0.25, 0.3) is 0 Å². The highest BCUT2D eigenvalue weighted by atomic mass is 79.9. The highest BCUT2D eigenvalue weighted by Crippen LogP contribution is 2.20. The van der Waals surface area contributed by atoms with E-state index in [0.29, 0.717) is 13.0 Å². The summed E-state index contributed by atoms with van der Waals surface area (Å²) in [4.78, 5) is 10.8. The molecule has 0 saturated carbocycles. The second-order valence-corrected chi connectivity index (χ2v) is 5.05. The molecule has 0 atom stereocenters. The molecule has 78 valence electrons. The first-order valence-electron chi connectivity index (χ1n) is 4.23. The van der Waals surface area contributed by atoms with Gasteiger partial charge in [-0.15, -0.1) is 11.3 Å². The van der Waals surface area contributed by atoms with Crippen LogP contribution in [0.15, 0.2) is 15.2 Å². The average Bonchev–Trinajstić information content (AvgIpc) is 2.58. The number of hydrogen-bond acceptors (Lipinski definition) is 4. The summed E-state index contributed by atoms with van der Waals surface area (Å²) in [5.74, 6) is -0.177. The fourth-order valence-electron chi connectivity index (χ4n) is 0.964. The minimum absolute atomic E-state index is 0.177. The molecular formula is C9H12BrNO2S. The summed E-state index contributed by atoms with van der Waals surface area (Å²) in [6.07, 6.45) is 0.418. The average molecular weight is 278 g/mol. The number of carbonyl (C=O) groups excluding carboxylic acids is 1. The first-order valence-corrected chi connectivity index (χ1v) is 5.90. The molecule has 0 spiro atoms. The molecule has 1 N–H and O–H groups in total. The van der Waals surface area contributed by atoms with Gasteiger partial charge < -0.3 is 10.1 Å². The van der Waals surface area contributed by atoms with Gasteiger partial charge in [0.15, 0.2) is 0 Å². The summed E-state index contributed by atoms with van der Waals surface area (Å²) in [5, 5.41) is 5.24. The van der Waals surface area contributed by atoms with Crippen LogP contribution in [0.4, 0.5) is 0 Å². The molecule has 1 heterocycles. The summed E-state index contributed by atoms with van der Waals surface area (Å²) in [7, 11) is 1.40. The number of esters is 1. The van der Waals surface area contributed by atoms with Crippen LogP contribution in [0.1, 0.15) is 12.0 Å². The van der Waals surface area contributed by atoms with Gasteiger partial charge in [0, 0.05) is 13.1 Å². The van der Waals surface area contributed by atoms with E-state index in [0.717, 1.165) is 10.3 Å². The first-order chi connectivity index (χ1) is 6.72. The van der Waals surface area contributed by atoms with Crippen LogP contribution >= 0.6 is 27.3 Å². The van der Waals surface area contributed by atoms with E-state index in [4.69, 9.17) is 0 Å². The van der Waals surface area contributed by atoms with E-state index in [1.165, 1.54) is 12.7 Å². The van der Waals surface area contributed by atoms with Crippen LogP contribution < -0.4 is 5.32 Å². The summed E-state index contributed by atoms with van der Waals surface area (Å²) in [6, 6.07) is 2.07. The minimum Gasteiger partial charge on any atom is -0.469 e. The predicted octanol–water partition coefficient (Wildman–Crippen LogP) is 2.16. The zero-order valence-corrected chi connectivity index (χ0v) is 10.3. The third kappa shape index (κ3) is 4.21. The number of nitrogens with one attached hydrogen (secondary N) is 1. The van der Waals surface area contributed by atoms with Crippen LogP contribution in [0.5, 0.6) is 0 Å². The summed E-state index contributed by atoms with van der Waals surface area (Å²) in [5.41, 5.74) is 1.23. The second kappa shape index (κ2) is 6.16. The molecule has 0 aliphatic rings. The van der Waals surface area contributed by atoms with Crippen molar-refractivity contribution in [2.45, 2.75) is 13.0 Å². The number of rotatable bonds is 5. The maximum atomic E-state index is 10.8. The molecule has 0 aliphatic heterocycles. The Morgan fingerprint density at radius 1 is 1.71 bits per heavy atom. The first kappa shape index (κ1) is 11.7. The van der Waals surface area contributed by atoms with Gasteiger partial charge in [-0.3, -0.25) is 4.79 Å². The largest absolute Gasteiger partial charge is 0.469 e. The Kier molecular flexibility index (Phi) is 5.14. The van der Waals surface area contributed by atoms with E-state index < -0.39 is 0 Å². The van der Waals surface area contributed by atoms with Crippen LogP contribution in [0.25, 0.3) is 0 Å². The molecule has 3 nitrogen and oxygen atoms in total. The number of halogens is 1. The van der Waals surface area contributed by atoms with Crippen molar-refractivity contribution in [2.24, 2.45) is 0 Å². The van der Waals surface area contributed by atoms with Crippen molar-refractivity contribution in [2.75, 3.05) is 13.7 Å². The van der Waals surface area contributed by atoms with E-state index in [9.17, 15) is 4.79 Å². The third-order valence-corrected chi connectivity index (χ3v) is 3.24. The second-order valence-electron chi connectivity index (χ2n) is 2.76. The van der Waals surface area contributed by atoms with Gasteiger partial charge >= 0.3 is 5.97 Å². The highest BCUT2D eigenvalue weighted by Gasteiger charge is 2.00. The van der Waals surface area contributed by atoms with E-state index in [-0.39, 0.29) is 5.97 Å². The highest BCUT2D eigenvalue weighted by molar-refractivity contribution is 9.11. The molecule has 1 aromatic heterocycles. The molecular weight excluding hydrogens is 266 g/mol. The van der Waals surface area contributed by atoms with Gasteiger partial charge in [-0.1, -0.05) is 0 Å². The summed E-state index contributed by atoms with van der Waals surface area (Å²) in [6.45, 7) is 1.44. The number of methoxy groups -OCH3 is 1. The van der Waals surface area contributed by atoms with Crippen LogP contribution in [-0.2, 0) is 16.1 Å². The van der Waals surface area contributed by atoms with Gasteiger partial charge in [0.2, 0.25) is 0 Å². The number of ether oxygens (including phenoxy) is 1. The Balaban J connectivity index is 2.13. The Morgan fingerprint density at radius 3 is 3.07 bits per heavy atom. The van der Waals surface area contributed by atoms with Crippen molar-refractivity contribution >= 4 is 33.2 Å². The standard InChI is InChI=1S/C9H12BrNO2S/c1-13-9(12)2-3-11-5-7-4-8(10)14-6-7/h4,6,11H,2-3,5H2,1H3. The van der Waals surface area contributed by atoms with Crippen LogP contribution in [0.2, 0.25) is 0 Å². The third-order valence-electron chi connectivity index (χ3n) is 1.68. The van der Waals surface area contributed by atoms with Crippen LogP contribution in [-0.4, -0.2) is 19.6 Å². The molecule has 0 aromatic carbocycles. The number of hydrogen-bond donors (Lipinski definition) is 1. The van der Waals surface area contributed by atoms with Gasteiger partial charge in [-0.25, -0.2) is 0 Å². The van der Waals surface area contributed by atoms with E-state index >= 15 is 0 Å². The molecule has 0 bridgehead atoms. The Labute approximate surface area is 95.6 Å². The van der Waals surface area contributed by atoms with Gasteiger partial charge in [0.05, 0.1) is 17.3 Å². The Hall–Kier alpha value is -0.390. The van der Waals surface area contributed by atoms with Crippen molar-refractivity contribution < 1.29 is 9.53 Å². The van der Waals surface area contributed by atoms with Crippen LogP contribution in [0, 0.1) is 0 Å². The fraction of sp³-hybridized carbons (Fsp3) is 0.444. The SMILES string of the molecule is COC(=O)CCNCc1csc(Br)c1. The quantitative estimate of drug-likeness (QED) is 0.662. The van der Waals surface area contributed by atoms with Crippen molar-refractivity contribution in [3.05, 3.63) is 20.8 Å². The van der Waals surface area contributed by atoms with Gasteiger partial charge in [0.1, 0.15) is 0 Å². The van der Waals surface area contributed by atoms with Crippen molar-refractivity contribution in [1.82, 2.24) is 5.32 Å². The molecule has 1 aromatic rings. The maximum Gasteiger partial charge on any atom is 0.306 e. The van der Waals surface area contributed by atoms with Crippen LogP contribution in [0.3, 0.4) is 0 Å². The van der Waals surface area contributed by atoms with Gasteiger partial charge in [-0.05, 0) is 32.9 Å². The zero-order valence-electron chi connectivity index (χ0n) is 7.88. The van der Waals surface area contributed by atoms with Crippen molar-refractivity contribution in [3.8, 4) is 0 Å². The summed E-state index contributed by atoms with van der Waals surface area (Å²) >= 11 is 5.05. The number of carbonyl (C=O) groups is 1. The molecule has 0 saturated heterocycles. The summed E-state index contributed by atoms with van der Waals surface area (Å²) < 4.78 is 5.65. The smallest absolute Gasteiger partial charge is 0.306 e. The molecule has 5 heteroatoms. The number of thiophene rings is 1. The predicted molar refractivity (Wildman–Crippen MR) is 60.4 cm³/mol. The fourth-order valence-corrected chi connectivity index (χ4v) is 2.17. The molecule has 1 rings (SSSR count). The van der Waals surface area contributed by atoms with E-state index in [1.807, 2.05) is 0 Å². The minimum atomic E-state index is -0.177. The Morgan fingerprint density at radius 2 is 2.50 bits per heavy atom. The monoisotopic (exact) mass is 277 g/mol. The van der Waals surface area contributed by atoms with E-state index in [2.05, 4.69) is 37.4 Å². The maximum absolute atomic E-state index is 10.8. The molecule has 14 heavy (non-hydrogen) atoms. The Bertz CT molecular complexity index is 301. The lowest BCUT2D eigenvalue weighted by Gasteiger charge is -2.01. The lowest BCUT2D eigenvalue weighted by Crippen LogP contribution is -2.18.